The second-order valence-corrected chi connectivity index (χ2v) is 6.87. The standard InChI is InChI=1S/C14H10ClIN5OP/c1-2-11(22)18-9-5-3-4-8(6-9)12-10-7-17-21(23-16)13(10)20-14(15)19-12/h2-7,23H,1H2,(H,18,22). The van der Waals surface area contributed by atoms with Crippen molar-refractivity contribution < 1.29 is 4.79 Å². The zero-order valence-electron chi connectivity index (χ0n) is 11.6. The number of carbonyl (C=O) groups is 1. The minimum atomic E-state index is -0.271. The van der Waals surface area contributed by atoms with Gasteiger partial charge in [-0.1, -0.05) is 18.7 Å². The normalized spacial score (nSPS) is 11.2. The summed E-state index contributed by atoms with van der Waals surface area (Å²) in [5.74, 6) is -0.271. The molecule has 1 unspecified atom stereocenters. The Balaban J connectivity index is 2.13. The van der Waals surface area contributed by atoms with E-state index in [4.69, 9.17) is 11.6 Å². The molecule has 0 saturated heterocycles. The summed E-state index contributed by atoms with van der Waals surface area (Å²) in [4.78, 5) is 20.0. The number of anilines is 1. The van der Waals surface area contributed by atoms with E-state index in [2.05, 4.69) is 49.0 Å². The third-order valence-corrected chi connectivity index (χ3v) is 5.10. The van der Waals surface area contributed by atoms with Crippen LogP contribution >= 0.6 is 40.0 Å². The number of benzene rings is 1. The zero-order valence-corrected chi connectivity index (χ0v) is 15.5. The molecular weight excluding hydrogens is 448 g/mol. The van der Waals surface area contributed by atoms with Gasteiger partial charge in [-0.25, -0.2) is 9.44 Å². The predicted octanol–water partition coefficient (Wildman–Crippen LogP) is 4.06. The fourth-order valence-corrected chi connectivity index (χ4v) is 3.68. The van der Waals surface area contributed by atoms with E-state index in [0.717, 1.165) is 10.9 Å². The largest absolute Gasteiger partial charge is 0.323 e. The van der Waals surface area contributed by atoms with Gasteiger partial charge in [-0.3, -0.25) is 4.79 Å². The number of hydrogen-bond donors (Lipinski definition) is 1. The lowest BCUT2D eigenvalue weighted by Crippen LogP contribution is -2.07. The van der Waals surface area contributed by atoms with Crippen LogP contribution in [-0.2, 0) is 4.79 Å². The molecule has 3 aromatic rings. The molecule has 0 radical (unpaired) electrons. The topological polar surface area (TPSA) is 72.7 Å². The van der Waals surface area contributed by atoms with Crippen molar-refractivity contribution in [2.24, 2.45) is 0 Å². The van der Waals surface area contributed by atoms with Crippen LogP contribution in [0.1, 0.15) is 0 Å². The van der Waals surface area contributed by atoms with Gasteiger partial charge in [0.25, 0.3) is 0 Å². The summed E-state index contributed by atoms with van der Waals surface area (Å²) in [5.41, 5.74) is 2.83. The van der Waals surface area contributed by atoms with Gasteiger partial charge in [0, 0.05) is 11.3 Å². The Morgan fingerprint density at radius 1 is 1.43 bits per heavy atom. The molecule has 0 aliphatic rings. The molecular formula is C14H10ClIN5OP. The van der Waals surface area contributed by atoms with Gasteiger partial charge in [0.05, 0.1) is 23.7 Å². The fourth-order valence-electron chi connectivity index (χ4n) is 2.10. The van der Waals surface area contributed by atoms with Gasteiger partial charge in [-0.05, 0) is 51.9 Å². The molecule has 1 amide bonds. The van der Waals surface area contributed by atoms with E-state index >= 15 is 0 Å². The Kier molecular flexibility index (Phi) is 4.89. The molecule has 0 bridgehead atoms. The van der Waals surface area contributed by atoms with Crippen LogP contribution in [-0.4, -0.2) is 25.4 Å². The number of rotatable bonds is 4. The first-order valence-electron chi connectivity index (χ1n) is 6.44. The highest BCUT2D eigenvalue weighted by Gasteiger charge is 2.14. The monoisotopic (exact) mass is 457 g/mol. The van der Waals surface area contributed by atoms with Crippen molar-refractivity contribution in [3.63, 3.8) is 0 Å². The SMILES string of the molecule is C=CC(=O)Nc1cccc(-c2nc(Cl)nc3c2cnn3PI)c1. The van der Waals surface area contributed by atoms with E-state index in [1.165, 1.54) is 6.08 Å². The highest BCUT2D eigenvalue weighted by molar-refractivity contribution is 14.2. The molecule has 9 heteroatoms. The van der Waals surface area contributed by atoms with Gasteiger partial charge in [-0.2, -0.15) is 10.1 Å². The quantitative estimate of drug-likeness (QED) is 0.278. The van der Waals surface area contributed by atoms with E-state index < -0.39 is 0 Å². The molecule has 2 aromatic heterocycles. The third-order valence-electron chi connectivity index (χ3n) is 3.07. The summed E-state index contributed by atoms with van der Waals surface area (Å²) in [6.45, 7) is 3.44. The summed E-state index contributed by atoms with van der Waals surface area (Å²) in [6.07, 6.45) is 3.36. The number of nitrogens with zero attached hydrogens (tertiary/aromatic N) is 4. The maximum Gasteiger partial charge on any atom is 0.247 e. The van der Waals surface area contributed by atoms with E-state index in [0.29, 0.717) is 23.4 Å². The minimum absolute atomic E-state index is 0.157. The van der Waals surface area contributed by atoms with Gasteiger partial charge in [0.1, 0.15) is 0 Å². The van der Waals surface area contributed by atoms with Crippen molar-refractivity contribution in [2.45, 2.75) is 0 Å². The van der Waals surface area contributed by atoms with E-state index in [1.807, 2.05) is 18.2 Å². The third kappa shape index (κ3) is 3.36. The molecule has 1 atom stereocenters. The Bertz CT molecular complexity index is 913. The number of halogens is 2. The minimum Gasteiger partial charge on any atom is -0.323 e. The van der Waals surface area contributed by atoms with Crippen molar-refractivity contribution in [1.82, 2.24) is 19.5 Å². The lowest BCUT2D eigenvalue weighted by Gasteiger charge is -2.07. The molecule has 0 saturated carbocycles. The second kappa shape index (κ2) is 6.90. The molecule has 116 valence electrons. The lowest BCUT2D eigenvalue weighted by atomic mass is 10.1. The number of amides is 1. The Morgan fingerprint density at radius 3 is 3.00 bits per heavy atom. The molecule has 0 aliphatic heterocycles. The van der Waals surface area contributed by atoms with Crippen LogP contribution in [0.4, 0.5) is 5.69 Å². The van der Waals surface area contributed by atoms with Crippen molar-refractivity contribution in [3.8, 4) is 11.3 Å². The fraction of sp³-hybridized carbons (Fsp3) is 0. The van der Waals surface area contributed by atoms with E-state index in [9.17, 15) is 4.79 Å². The maximum atomic E-state index is 11.4. The summed E-state index contributed by atoms with van der Waals surface area (Å²) in [7, 11) is 0. The van der Waals surface area contributed by atoms with Crippen molar-refractivity contribution in [1.29, 1.82) is 0 Å². The average Bonchev–Trinajstić information content (AvgIpc) is 2.97. The van der Waals surface area contributed by atoms with Crippen LogP contribution in [0.25, 0.3) is 22.3 Å². The zero-order chi connectivity index (χ0) is 16.4. The molecule has 1 N–H and O–H groups in total. The Morgan fingerprint density at radius 2 is 2.26 bits per heavy atom. The van der Waals surface area contributed by atoms with Crippen molar-refractivity contribution >= 4 is 62.6 Å². The number of fused-ring (bicyclic) bond motifs is 1. The summed E-state index contributed by atoms with van der Waals surface area (Å²) in [6, 6.07) is 7.34. The molecule has 1 aromatic carbocycles. The molecule has 3 rings (SSSR count). The van der Waals surface area contributed by atoms with Crippen LogP contribution in [0.15, 0.2) is 43.1 Å². The number of hydrogen-bond acceptors (Lipinski definition) is 4. The van der Waals surface area contributed by atoms with Crippen LogP contribution in [0.3, 0.4) is 0 Å². The first kappa shape index (κ1) is 16.3. The van der Waals surface area contributed by atoms with Crippen LogP contribution in [0.5, 0.6) is 0 Å². The highest BCUT2D eigenvalue weighted by Crippen LogP contribution is 2.33. The molecule has 2 heterocycles. The molecule has 0 fully saturated rings. The molecule has 6 nitrogen and oxygen atoms in total. The summed E-state index contributed by atoms with van der Waals surface area (Å²) < 4.78 is 1.77. The van der Waals surface area contributed by atoms with Gasteiger partial charge in [-0.15, -0.1) is 0 Å². The maximum absolute atomic E-state index is 11.4. The van der Waals surface area contributed by atoms with Crippen molar-refractivity contribution in [3.05, 3.63) is 48.4 Å². The first-order chi connectivity index (χ1) is 11.1. The average molecular weight is 458 g/mol. The van der Waals surface area contributed by atoms with E-state index in [-0.39, 0.29) is 11.2 Å². The van der Waals surface area contributed by atoms with Gasteiger partial charge < -0.3 is 5.32 Å². The van der Waals surface area contributed by atoms with Crippen LogP contribution in [0.2, 0.25) is 5.28 Å². The molecule has 23 heavy (non-hydrogen) atoms. The second-order valence-electron chi connectivity index (χ2n) is 4.49. The van der Waals surface area contributed by atoms with Gasteiger partial charge in [0.2, 0.25) is 11.2 Å². The summed E-state index contributed by atoms with van der Waals surface area (Å²) in [5, 5.41) is 8.00. The van der Waals surface area contributed by atoms with E-state index in [1.54, 1.807) is 16.7 Å². The van der Waals surface area contributed by atoms with Crippen LogP contribution in [0, 0.1) is 0 Å². The predicted molar refractivity (Wildman–Crippen MR) is 102 cm³/mol. The van der Waals surface area contributed by atoms with Crippen LogP contribution < -0.4 is 5.32 Å². The number of aromatic nitrogens is 4. The van der Waals surface area contributed by atoms with Gasteiger partial charge >= 0.3 is 0 Å². The first-order valence-corrected chi connectivity index (χ1v) is 10.9. The molecule has 0 spiro atoms. The smallest absolute Gasteiger partial charge is 0.247 e. The Hall–Kier alpha value is -1.57. The van der Waals surface area contributed by atoms with Gasteiger partial charge in [0.15, 0.2) is 5.65 Å². The summed E-state index contributed by atoms with van der Waals surface area (Å²) >= 11 is 8.29. The number of carbonyl (C=O) groups excluding carboxylic acids is 1. The lowest BCUT2D eigenvalue weighted by molar-refractivity contribution is -0.111. The number of nitrogens with one attached hydrogen (secondary N) is 1. The highest BCUT2D eigenvalue weighted by atomic mass is 127. The Labute approximate surface area is 151 Å². The molecule has 0 aliphatic carbocycles. The van der Waals surface area contributed by atoms with Crippen molar-refractivity contribution in [2.75, 3.05) is 5.32 Å².